The largest absolute Gasteiger partial charge is 0.477 e. The molecule has 1 rings (SSSR count). The Balaban J connectivity index is 2.98. The Morgan fingerprint density at radius 1 is 1.67 bits per heavy atom. The van der Waals surface area contributed by atoms with Crippen molar-refractivity contribution in [2.24, 2.45) is 0 Å². The Kier molecular flexibility index (Phi) is 3.63. The van der Waals surface area contributed by atoms with E-state index in [1.165, 1.54) is 12.4 Å². The van der Waals surface area contributed by atoms with Crippen LogP contribution in [-0.4, -0.2) is 34.1 Å². The summed E-state index contributed by atoms with van der Waals surface area (Å²) in [5.74, 6) is 1.94. The first-order chi connectivity index (χ1) is 7.19. The van der Waals surface area contributed by atoms with Gasteiger partial charge in [-0.15, -0.1) is 6.42 Å². The highest BCUT2D eigenvalue weighted by Crippen LogP contribution is 2.09. The van der Waals surface area contributed by atoms with Gasteiger partial charge in [0.1, 0.15) is 12.1 Å². The lowest BCUT2D eigenvalue weighted by Gasteiger charge is -2.18. The van der Waals surface area contributed by atoms with Crippen LogP contribution in [0.1, 0.15) is 17.4 Å². The van der Waals surface area contributed by atoms with Crippen molar-refractivity contribution >= 4 is 11.8 Å². The van der Waals surface area contributed by atoms with Crippen molar-refractivity contribution in [1.82, 2.24) is 9.97 Å². The second-order valence-corrected chi connectivity index (χ2v) is 2.78. The number of carboxylic acids is 1. The van der Waals surface area contributed by atoms with Crippen LogP contribution < -0.4 is 4.90 Å². The van der Waals surface area contributed by atoms with Gasteiger partial charge < -0.3 is 10.0 Å². The molecule has 0 aliphatic heterocycles. The van der Waals surface area contributed by atoms with Gasteiger partial charge in [-0.1, -0.05) is 5.92 Å². The number of nitrogens with zero attached hydrogens (tertiary/aromatic N) is 3. The molecular formula is C10H11N3O2. The van der Waals surface area contributed by atoms with Gasteiger partial charge >= 0.3 is 5.97 Å². The first-order valence-corrected chi connectivity index (χ1v) is 4.42. The zero-order chi connectivity index (χ0) is 11.3. The summed E-state index contributed by atoms with van der Waals surface area (Å²) in [5, 5.41) is 8.74. The van der Waals surface area contributed by atoms with Crippen LogP contribution in [-0.2, 0) is 0 Å². The van der Waals surface area contributed by atoms with Crippen molar-refractivity contribution in [3.8, 4) is 12.3 Å². The summed E-state index contributed by atoms with van der Waals surface area (Å²) in [6.45, 7) is 2.98. The van der Waals surface area contributed by atoms with Crippen LogP contribution in [0.25, 0.3) is 0 Å². The summed E-state index contributed by atoms with van der Waals surface area (Å²) >= 11 is 0. The lowest BCUT2D eigenvalue weighted by atomic mass is 10.3. The van der Waals surface area contributed by atoms with Crippen LogP contribution in [0.3, 0.4) is 0 Å². The minimum Gasteiger partial charge on any atom is -0.477 e. The number of hydrogen-bond acceptors (Lipinski definition) is 4. The zero-order valence-electron chi connectivity index (χ0n) is 8.34. The Morgan fingerprint density at radius 3 is 2.93 bits per heavy atom. The Morgan fingerprint density at radius 2 is 2.40 bits per heavy atom. The molecule has 5 nitrogen and oxygen atoms in total. The molecule has 1 aromatic heterocycles. The Hall–Kier alpha value is -2.09. The molecule has 0 bridgehead atoms. The van der Waals surface area contributed by atoms with Crippen LogP contribution in [0.4, 0.5) is 5.82 Å². The van der Waals surface area contributed by atoms with Crippen molar-refractivity contribution in [3.05, 3.63) is 18.1 Å². The maximum absolute atomic E-state index is 10.7. The van der Waals surface area contributed by atoms with Crippen LogP contribution in [0, 0.1) is 12.3 Å². The van der Waals surface area contributed by atoms with Crippen LogP contribution in [0.2, 0.25) is 0 Å². The quantitative estimate of drug-likeness (QED) is 0.730. The molecule has 0 atom stereocenters. The fourth-order valence-corrected chi connectivity index (χ4v) is 1.10. The van der Waals surface area contributed by atoms with Gasteiger partial charge in [-0.25, -0.2) is 14.8 Å². The molecule has 0 spiro atoms. The van der Waals surface area contributed by atoms with Crippen molar-refractivity contribution in [2.75, 3.05) is 18.0 Å². The normalized spacial score (nSPS) is 9.33. The van der Waals surface area contributed by atoms with Gasteiger partial charge in [0.2, 0.25) is 0 Å². The van der Waals surface area contributed by atoms with Crippen molar-refractivity contribution in [2.45, 2.75) is 6.92 Å². The van der Waals surface area contributed by atoms with Crippen LogP contribution >= 0.6 is 0 Å². The van der Waals surface area contributed by atoms with Gasteiger partial charge in [0, 0.05) is 12.6 Å². The number of aromatic nitrogens is 2. The van der Waals surface area contributed by atoms with Crippen LogP contribution in [0.5, 0.6) is 0 Å². The van der Waals surface area contributed by atoms with E-state index < -0.39 is 5.97 Å². The molecule has 1 N–H and O–H groups in total. The number of anilines is 1. The third-order valence-corrected chi connectivity index (χ3v) is 1.86. The number of rotatable bonds is 4. The molecule has 0 aromatic carbocycles. The molecule has 5 heteroatoms. The molecule has 0 aliphatic carbocycles. The van der Waals surface area contributed by atoms with Crippen molar-refractivity contribution < 1.29 is 9.90 Å². The van der Waals surface area contributed by atoms with Crippen LogP contribution in [0.15, 0.2) is 12.4 Å². The SMILES string of the molecule is C#CCN(CC)c1cc(C(=O)O)ncn1. The number of terminal acetylenes is 1. The van der Waals surface area contributed by atoms with E-state index in [0.717, 1.165) is 0 Å². The Bertz CT molecular complexity index is 398. The van der Waals surface area contributed by atoms with Gasteiger partial charge in [0.25, 0.3) is 0 Å². The van der Waals surface area contributed by atoms with E-state index >= 15 is 0 Å². The third-order valence-electron chi connectivity index (χ3n) is 1.86. The van der Waals surface area contributed by atoms with Gasteiger partial charge in [-0.2, -0.15) is 0 Å². The molecule has 78 valence electrons. The number of hydrogen-bond donors (Lipinski definition) is 1. The predicted molar refractivity (Wildman–Crippen MR) is 55.7 cm³/mol. The summed E-state index contributed by atoms with van der Waals surface area (Å²) in [4.78, 5) is 20.1. The average molecular weight is 205 g/mol. The molecule has 15 heavy (non-hydrogen) atoms. The molecule has 0 amide bonds. The molecule has 0 aliphatic rings. The molecule has 0 radical (unpaired) electrons. The topological polar surface area (TPSA) is 66.3 Å². The average Bonchev–Trinajstić information content (AvgIpc) is 2.26. The molecule has 0 fully saturated rings. The Labute approximate surface area is 87.8 Å². The second-order valence-electron chi connectivity index (χ2n) is 2.78. The van der Waals surface area contributed by atoms with Gasteiger partial charge in [0.05, 0.1) is 6.54 Å². The molecule has 1 heterocycles. The third kappa shape index (κ3) is 2.68. The minimum absolute atomic E-state index is 0.0320. The fraction of sp³-hybridized carbons (Fsp3) is 0.300. The van der Waals surface area contributed by atoms with E-state index in [1.54, 1.807) is 4.90 Å². The maximum Gasteiger partial charge on any atom is 0.354 e. The molecule has 0 unspecified atom stereocenters. The summed E-state index contributed by atoms with van der Waals surface area (Å²) in [7, 11) is 0. The molecular weight excluding hydrogens is 194 g/mol. The first kappa shape index (κ1) is 11.0. The van der Waals surface area contributed by atoms with Gasteiger partial charge in [0.15, 0.2) is 5.69 Å². The number of carboxylic acid groups (broad SMARTS) is 1. The highest BCUT2D eigenvalue weighted by Gasteiger charge is 2.09. The first-order valence-electron chi connectivity index (χ1n) is 4.42. The van der Waals surface area contributed by atoms with E-state index in [9.17, 15) is 4.79 Å². The molecule has 0 saturated heterocycles. The highest BCUT2D eigenvalue weighted by molar-refractivity contribution is 5.86. The number of carbonyl (C=O) groups is 1. The molecule has 1 aromatic rings. The lowest BCUT2D eigenvalue weighted by molar-refractivity contribution is 0.0690. The van der Waals surface area contributed by atoms with Gasteiger partial charge in [-0.3, -0.25) is 0 Å². The summed E-state index contributed by atoms with van der Waals surface area (Å²) in [6, 6.07) is 1.41. The highest BCUT2D eigenvalue weighted by atomic mass is 16.4. The predicted octanol–water partition coefficient (Wildman–Crippen LogP) is 0.634. The summed E-state index contributed by atoms with van der Waals surface area (Å²) < 4.78 is 0. The van der Waals surface area contributed by atoms with E-state index in [4.69, 9.17) is 11.5 Å². The van der Waals surface area contributed by atoms with Gasteiger partial charge in [-0.05, 0) is 6.92 Å². The summed E-state index contributed by atoms with van der Waals surface area (Å²) in [5.41, 5.74) is -0.0320. The van der Waals surface area contributed by atoms with E-state index in [0.29, 0.717) is 18.9 Å². The van der Waals surface area contributed by atoms with Crippen molar-refractivity contribution in [3.63, 3.8) is 0 Å². The van der Waals surface area contributed by atoms with E-state index in [2.05, 4.69) is 15.9 Å². The lowest BCUT2D eigenvalue weighted by Crippen LogP contribution is -2.24. The molecule has 0 saturated carbocycles. The fourth-order valence-electron chi connectivity index (χ4n) is 1.10. The monoisotopic (exact) mass is 205 g/mol. The van der Waals surface area contributed by atoms with E-state index in [1.807, 2.05) is 6.92 Å². The minimum atomic E-state index is -1.07. The number of aromatic carboxylic acids is 1. The standard InChI is InChI=1S/C10H11N3O2/c1-3-5-13(4-2)9-6-8(10(14)15)11-7-12-9/h1,6-7H,4-5H2,2H3,(H,14,15). The zero-order valence-corrected chi connectivity index (χ0v) is 8.34. The maximum atomic E-state index is 10.7. The second kappa shape index (κ2) is 4.96. The summed E-state index contributed by atoms with van der Waals surface area (Å²) in [6.07, 6.45) is 6.41. The smallest absolute Gasteiger partial charge is 0.354 e. The van der Waals surface area contributed by atoms with Crippen molar-refractivity contribution in [1.29, 1.82) is 0 Å². The van der Waals surface area contributed by atoms with E-state index in [-0.39, 0.29) is 5.69 Å².